The Morgan fingerprint density at radius 2 is 0.481 bits per heavy atom. The highest BCUT2D eigenvalue weighted by Gasteiger charge is 2.19. The Morgan fingerprint density at radius 1 is 0.259 bits per heavy atom. The molecule has 466 valence electrons. The first-order chi connectivity index (χ1) is 40.0. The molecule has 0 amide bonds. The molecule has 0 N–H and O–H groups in total. The van der Waals surface area contributed by atoms with Crippen LogP contribution in [0.4, 0.5) is 0 Å². The van der Waals surface area contributed by atoms with Gasteiger partial charge in [-0.15, -0.1) is 0 Å². The van der Waals surface area contributed by atoms with Gasteiger partial charge in [0.2, 0.25) is 0 Å². The third kappa shape index (κ3) is 67.0. The van der Waals surface area contributed by atoms with Crippen LogP contribution >= 0.6 is 0 Å². The maximum Gasteiger partial charge on any atom is 0.306 e. The van der Waals surface area contributed by atoms with Gasteiger partial charge in [0.25, 0.3) is 0 Å². The molecule has 0 aliphatic heterocycles. The molecule has 0 saturated carbocycles. The van der Waals surface area contributed by atoms with Crippen LogP contribution in [0.1, 0.15) is 342 Å². The Kier molecular flexibility index (Phi) is 65.7. The van der Waals surface area contributed by atoms with Gasteiger partial charge in [-0.25, -0.2) is 0 Å². The highest BCUT2D eigenvalue weighted by Crippen LogP contribution is 2.17. The molecule has 0 radical (unpaired) electrons. The minimum Gasteiger partial charge on any atom is -0.462 e. The molecular weight excluding hydrogens is 997 g/mol. The first kappa shape index (κ1) is 77.3. The molecule has 0 saturated heterocycles. The van der Waals surface area contributed by atoms with E-state index in [0.29, 0.717) is 19.3 Å². The lowest BCUT2D eigenvalue weighted by Gasteiger charge is -2.18. The van der Waals surface area contributed by atoms with Crippen molar-refractivity contribution in [3.05, 3.63) is 97.2 Å². The van der Waals surface area contributed by atoms with Crippen molar-refractivity contribution in [1.29, 1.82) is 0 Å². The molecule has 1 unspecified atom stereocenters. The van der Waals surface area contributed by atoms with Crippen LogP contribution < -0.4 is 0 Å². The molecule has 0 rings (SSSR count). The summed E-state index contributed by atoms with van der Waals surface area (Å²) in [7, 11) is 0. The zero-order chi connectivity index (χ0) is 58.5. The third-order valence-corrected chi connectivity index (χ3v) is 15.1. The number of hydrogen-bond donors (Lipinski definition) is 0. The van der Waals surface area contributed by atoms with Gasteiger partial charge in [0.1, 0.15) is 13.2 Å². The van der Waals surface area contributed by atoms with Gasteiger partial charge in [0, 0.05) is 19.3 Å². The van der Waals surface area contributed by atoms with Gasteiger partial charge in [-0.3, -0.25) is 14.4 Å². The molecule has 0 aromatic rings. The highest BCUT2D eigenvalue weighted by atomic mass is 16.6. The molecule has 81 heavy (non-hydrogen) atoms. The first-order valence-corrected chi connectivity index (χ1v) is 34.7. The van der Waals surface area contributed by atoms with Gasteiger partial charge in [-0.05, 0) is 103 Å². The zero-order valence-electron chi connectivity index (χ0n) is 53.5. The van der Waals surface area contributed by atoms with Crippen molar-refractivity contribution >= 4 is 17.9 Å². The van der Waals surface area contributed by atoms with Crippen molar-refractivity contribution in [1.82, 2.24) is 0 Å². The van der Waals surface area contributed by atoms with E-state index in [1.165, 1.54) is 180 Å². The van der Waals surface area contributed by atoms with Crippen LogP contribution in [-0.4, -0.2) is 37.2 Å². The summed E-state index contributed by atoms with van der Waals surface area (Å²) in [6.45, 7) is 6.54. The average molecular weight is 1130 g/mol. The molecule has 0 aromatic carbocycles. The molecule has 6 nitrogen and oxygen atoms in total. The van der Waals surface area contributed by atoms with E-state index in [1.807, 2.05) is 0 Å². The average Bonchev–Trinajstić information content (AvgIpc) is 3.47. The minimum absolute atomic E-state index is 0.0830. The van der Waals surface area contributed by atoms with E-state index in [9.17, 15) is 14.4 Å². The SMILES string of the molecule is CC/C=C\C/C=C\C/C=C\C/C=C\C/C=C\CCCCCCCC(=O)OC(COC(=O)CCCCCCCCCCCCCC/C=C\C/C=C\C/C=C\CCCCCCC)COC(=O)CCCCCCCCCCCCCCCCC. The van der Waals surface area contributed by atoms with E-state index >= 15 is 0 Å². The number of hydrogen-bond acceptors (Lipinski definition) is 6. The molecule has 0 spiro atoms. The van der Waals surface area contributed by atoms with Crippen LogP contribution in [0.15, 0.2) is 97.2 Å². The van der Waals surface area contributed by atoms with Crippen LogP contribution in [0.2, 0.25) is 0 Å². The summed E-state index contributed by atoms with van der Waals surface area (Å²) >= 11 is 0. The smallest absolute Gasteiger partial charge is 0.306 e. The summed E-state index contributed by atoms with van der Waals surface area (Å²) in [5.74, 6) is -0.888. The number of esters is 3. The molecule has 0 fully saturated rings. The Bertz CT molecular complexity index is 1580. The number of rotatable bonds is 63. The maximum atomic E-state index is 12.9. The topological polar surface area (TPSA) is 78.9 Å². The van der Waals surface area contributed by atoms with Crippen molar-refractivity contribution in [2.24, 2.45) is 0 Å². The van der Waals surface area contributed by atoms with Crippen molar-refractivity contribution in [2.75, 3.05) is 13.2 Å². The Balaban J connectivity index is 4.35. The second-order valence-electron chi connectivity index (χ2n) is 23.1. The molecule has 0 aliphatic rings. The van der Waals surface area contributed by atoms with Crippen LogP contribution in [0, 0.1) is 0 Å². The first-order valence-electron chi connectivity index (χ1n) is 34.7. The van der Waals surface area contributed by atoms with E-state index in [0.717, 1.165) is 122 Å². The fourth-order valence-corrected chi connectivity index (χ4v) is 9.89. The van der Waals surface area contributed by atoms with Crippen molar-refractivity contribution in [3.8, 4) is 0 Å². The summed E-state index contributed by atoms with van der Waals surface area (Å²) in [4.78, 5) is 38.4. The van der Waals surface area contributed by atoms with E-state index in [4.69, 9.17) is 14.2 Å². The van der Waals surface area contributed by atoms with E-state index in [2.05, 4.69) is 118 Å². The van der Waals surface area contributed by atoms with Crippen molar-refractivity contribution in [2.45, 2.75) is 348 Å². The monoisotopic (exact) mass is 1130 g/mol. The van der Waals surface area contributed by atoms with Crippen molar-refractivity contribution in [3.63, 3.8) is 0 Å². The predicted octanol–water partition coefficient (Wildman–Crippen LogP) is 24.0. The van der Waals surface area contributed by atoms with Gasteiger partial charge in [-0.1, -0.05) is 317 Å². The fourth-order valence-electron chi connectivity index (χ4n) is 9.89. The van der Waals surface area contributed by atoms with Crippen LogP contribution in [0.25, 0.3) is 0 Å². The van der Waals surface area contributed by atoms with Gasteiger partial charge >= 0.3 is 17.9 Å². The third-order valence-electron chi connectivity index (χ3n) is 15.1. The molecule has 1 atom stereocenters. The number of unbranched alkanes of at least 4 members (excludes halogenated alkanes) is 36. The summed E-state index contributed by atoms with van der Waals surface area (Å²) < 4.78 is 17.0. The standard InChI is InChI=1S/C75H130O6/c1-4-7-10-13-16-19-22-25-28-30-32-34-35-36-37-38-39-41-42-44-47-50-53-56-59-62-65-68-74(77)80-71-72(70-79-73(76)67-64-61-58-55-52-49-46-27-24-21-18-15-12-9-6-3)81-75(78)69-66-63-60-57-54-51-48-45-43-40-33-31-29-26-23-20-17-14-11-8-5-2/h8,11,17,20,22,25-26,29-30,32-33,35-36,40,45,48,72H,4-7,9-10,12-16,18-19,21,23-24,27-28,31,34,37-39,41-44,46-47,49-71H2,1-3H3/b11-8-,20-17-,25-22-,29-26-,32-30-,36-35-,40-33-,48-45-. The predicted molar refractivity (Wildman–Crippen MR) is 353 cm³/mol. The summed E-state index contributed by atoms with van der Waals surface area (Å²) in [5, 5.41) is 0. The second-order valence-corrected chi connectivity index (χ2v) is 23.1. The quantitative estimate of drug-likeness (QED) is 0.0261. The van der Waals surface area contributed by atoms with E-state index in [-0.39, 0.29) is 31.1 Å². The molecule has 0 aromatic heterocycles. The summed E-state index contributed by atoms with van der Waals surface area (Å²) in [5.41, 5.74) is 0. The van der Waals surface area contributed by atoms with Crippen LogP contribution in [-0.2, 0) is 28.6 Å². The molecular formula is C75H130O6. The van der Waals surface area contributed by atoms with Gasteiger partial charge < -0.3 is 14.2 Å². The number of carbonyl (C=O) groups excluding carboxylic acids is 3. The largest absolute Gasteiger partial charge is 0.462 e. The summed E-state index contributed by atoms with van der Waals surface area (Å²) in [6.07, 6.45) is 92.8. The Hall–Kier alpha value is -3.67. The zero-order valence-corrected chi connectivity index (χ0v) is 53.5. The summed E-state index contributed by atoms with van der Waals surface area (Å²) in [6, 6.07) is 0. The number of allylic oxidation sites excluding steroid dienone is 16. The Morgan fingerprint density at radius 3 is 0.753 bits per heavy atom. The lowest BCUT2D eigenvalue weighted by atomic mass is 10.0. The van der Waals surface area contributed by atoms with Gasteiger partial charge in [0.05, 0.1) is 0 Å². The lowest BCUT2D eigenvalue weighted by Crippen LogP contribution is -2.30. The van der Waals surface area contributed by atoms with E-state index in [1.54, 1.807) is 0 Å². The minimum atomic E-state index is -0.790. The lowest BCUT2D eigenvalue weighted by molar-refractivity contribution is -0.167. The van der Waals surface area contributed by atoms with Gasteiger partial charge in [0.15, 0.2) is 6.10 Å². The number of carbonyl (C=O) groups is 3. The van der Waals surface area contributed by atoms with Gasteiger partial charge in [-0.2, -0.15) is 0 Å². The van der Waals surface area contributed by atoms with Crippen LogP contribution in [0.5, 0.6) is 0 Å². The maximum absolute atomic E-state index is 12.9. The molecule has 0 heterocycles. The highest BCUT2D eigenvalue weighted by molar-refractivity contribution is 5.71. The van der Waals surface area contributed by atoms with E-state index < -0.39 is 6.10 Å². The second kappa shape index (κ2) is 68.8. The molecule has 0 aliphatic carbocycles. The molecule has 0 bridgehead atoms. The Labute approximate surface area is 502 Å². The van der Waals surface area contributed by atoms with Crippen LogP contribution in [0.3, 0.4) is 0 Å². The fraction of sp³-hybridized carbons (Fsp3) is 0.747. The number of ether oxygens (including phenoxy) is 3. The molecule has 6 heteroatoms. The normalized spacial score (nSPS) is 12.7. The van der Waals surface area contributed by atoms with Crippen molar-refractivity contribution < 1.29 is 28.6 Å².